The van der Waals surface area contributed by atoms with Gasteiger partial charge in [-0.25, -0.2) is 19.9 Å². The van der Waals surface area contributed by atoms with Crippen LogP contribution in [0.5, 0.6) is 0 Å². The minimum atomic E-state index is 0.102. The first kappa shape index (κ1) is 38.6. The van der Waals surface area contributed by atoms with Gasteiger partial charge in [-0.15, -0.1) is 0 Å². The molecule has 0 aliphatic heterocycles. The van der Waals surface area contributed by atoms with Crippen molar-refractivity contribution in [3.8, 4) is 0 Å². The van der Waals surface area contributed by atoms with Crippen LogP contribution in [0.25, 0.3) is 0 Å². The fourth-order valence-electron chi connectivity index (χ4n) is 6.47. The molecule has 0 radical (unpaired) electrons. The number of anilines is 6. The Morgan fingerprint density at radius 1 is 0.346 bits per heavy atom. The van der Waals surface area contributed by atoms with Gasteiger partial charge < -0.3 is 0 Å². The Kier molecular flexibility index (Phi) is 11.3. The van der Waals surface area contributed by atoms with Gasteiger partial charge in [-0.1, -0.05) is 113 Å². The summed E-state index contributed by atoms with van der Waals surface area (Å²) in [7, 11) is 0. The number of nitrogens with zero attached hydrogens (tertiary/aromatic N) is 6. The highest BCUT2D eigenvalue weighted by atomic mass is 15.3. The molecule has 274 valence electrons. The maximum Gasteiger partial charge on any atom is 0.139 e. The molecule has 0 bridgehead atoms. The Morgan fingerprint density at radius 3 is 0.808 bits per heavy atom. The van der Waals surface area contributed by atoms with E-state index in [1.54, 1.807) is 0 Å². The smallest absolute Gasteiger partial charge is 0.139 e. The topological polar surface area (TPSA) is 58.0 Å². The van der Waals surface area contributed by atoms with Gasteiger partial charge in [-0.05, 0) is 114 Å². The van der Waals surface area contributed by atoms with Crippen LogP contribution in [0.1, 0.15) is 106 Å². The summed E-state index contributed by atoms with van der Waals surface area (Å²) in [6.07, 6.45) is 3.47. The molecule has 0 amide bonds. The Bertz CT molecular complexity index is 1690. The lowest BCUT2D eigenvalue weighted by atomic mass is 9.90. The molecular formula is C46H60N6. The standard InChI is InChI=1S/C46H60N6/c1-43(2,3)29-33-18-13-24-39(47-33)51(40-25-14-19-34(48-40)30-44(4,5)6)37-22-17-23-38(28-37)52(41-26-15-20-35(49-41)31-45(7,8)9)42-27-16-21-36(50-42)32-46(10,11)12/h13-28H,29-32H2,1-12H3. The summed E-state index contributed by atoms with van der Waals surface area (Å²) in [6, 6.07) is 33.9. The Hall–Kier alpha value is -4.58. The molecule has 4 heterocycles. The number of hydrogen-bond donors (Lipinski definition) is 0. The van der Waals surface area contributed by atoms with Crippen molar-refractivity contribution in [1.29, 1.82) is 0 Å². The third-order valence-electron chi connectivity index (χ3n) is 8.28. The summed E-state index contributed by atoms with van der Waals surface area (Å²) in [5.41, 5.74) is 6.54. The zero-order valence-electron chi connectivity index (χ0n) is 33.7. The maximum atomic E-state index is 5.25. The van der Waals surface area contributed by atoms with Gasteiger partial charge in [-0.3, -0.25) is 9.80 Å². The number of benzene rings is 1. The van der Waals surface area contributed by atoms with Crippen LogP contribution in [-0.4, -0.2) is 19.9 Å². The van der Waals surface area contributed by atoms with E-state index in [0.29, 0.717) is 0 Å². The highest BCUT2D eigenvalue weighted by molar-refractivity contribution is 5.79. The average molecular weight is 697 g/mol. The van der Waals surface area contributed by atoms with Gasteiger partial charge in [0.15, 0.2) is 0 Å². The normalized spacial score (nSPS) is 12.5. The summed E-state index contributed by atoms with van der Waals surface area (Å²) < 4.78 is 0. The number of rotatable bonds is 10. The van der Waals surface area contributed by atoms with Crippen molar-refractivity contribution in [2.24, 2.45) is 21.7 Å². The lowest BCUT2D eigenvalue weighted by Crippen LogP contribution is -2.19. The summed E-state index contributed by atoms with van der Waals surface area (Å²) in [6.45, 7) is 27.0. The van der Waals surface area contributed by atoms with Crippen LogP contribution in [0.3, 0.4) is 0 Å². The maximum absolute atomic E-state index is 5.25. The fraction of sp³-hybridized carbons (Fsp3) is 0.435. The molecule has 5 aromatic rings. The average Bonchev–Trinajstić information content (AvgIpc) is 2.99. The lowest BCUT2D eigenvalue weighted by molar-refractivity contribution is 0.406. The monoisotopic (exact) mass is 696 g/mol. The van der Waals surface area contributed by atoms with Gasteiger partial charge >= 0.3 is 0 Å². The molecule has 0 saturated carbocycles. The highest BCUT2D eigenvalue weighted by Crippen LogP contribution is 2.39. The Balaban J connectivity index is 1.70. The fourth-order valence-corrected chi connectivity index (χ4v) is 6.47. The summed E-state index contributed by atoms with van der Waals surface area (Å²) >= 11 is 0. The van der Waals surface area contributed by atoms with E-state index in [1.165, 1.54) is 0 Å². The van der Waals surface area contributed by atoms with E-state index in [0.717, 1.165) is 83.1 Å². The zero-order chi connectivity index (χ0) is 37.9. The van der Waals surface area contributed by atoms with Gasteiger partial charge in [0, 0.05) is 22.8 Å². The number of hydrogen-bond acceptors (Lipinski definition) is 6. The van der Waals surface area contributed by atoms with E-state index < -0.39 is 0 Å². The lowest BCUT2D eigenvalue weighted by Gasteiger charge is -2.29. The molecule has 52 heavy (non-hydrogen) atoms. The molecule has 0 aliphatic carbocycles. The highest BCUT2D eigenvalue weighted by Gasteiger charge is 2.23. The third kappa shape index (κ3) is 11.2. The first-order valence-electron chi connectivity index (χ1n) is 18.8. The second kappa shape index (κ2) is 15.2. The van der Waals surface area contributed by atoms with Gasteiger partial charge in [-0.2, -0.15) is 0 Å². The van der Waals surface area contributed by atoms with Crippen molar-refractivity contribution in [3.05, 3.63) is 120 Å². The van der Waals surface area contributed by atoms with Crippen LogP contribution < -0.4 is 9.80 Å². The predicted molar refractivity (Wildman–Crippen MR) is 220 cm³/mol. The molecule has 6 heteroatoms. The van der Waals surface area contributed by atoms with E-state index in [-0.39, 0.29) is 21.7 Å². The van der Waals surface area contributed by atoms with Crippen LogP contribution in [0.4, 0.5) is 34.6 Å². The first-order chi connectivity index (χ1) is 24.2. The molecule has 5 rings (SSSR count). The van der Waals surface area contributed by atoms with E-state index in [1.807, 2.05) is 0 Å². The van der Waals surface area contributed by atoms with Crippen LogP contribution in [0.2, 0.25) is 0 Å². The Labute approximate surface area is 313 Å². The summed E-state index contributed by atoms with van der Waals surface area (Å²) in [4.78, 5) is 25.4. The molecule has 0 unspecified atom stereocenters. The van der Waals surface area contributed by atoms with Crippen molar-refractivity contribution < 1.29 is 0 Å². The second-order valence-corrected chi connectivity index (χ2v) is 19.1. The van der Waals surface area contributed by atoms with Crippen molar-refractivity contribution in [2.45, 2.75) is 109 Å². The van der Waals surface area contributed by atoms with Gasteiger partial charge in [0.1, 0.15) is 23.3 Å². The molecule has 4 aromatic heterocycles. The Morgan fingerprint density at radius 2 is 0.577 bits per heavy atom. The number of aromatic nitrogens is 4. The molecule has 1 aromatic carbocycles. The molecule has 0 atom stereocenters. The molecule has 0 spiro atoms. The predicted octanol–water partition coefficient (Wildman–Crippen LogP) is 12.6. The van der Waals surface area contributed by atoms with Crippen molar-refractivity contribution in [1.82, 2.24) is 19.9 Å². The zero-order valence-corrected chi connectivity index (χ0v) is 33.7. The largest absolute Gasteiger partial charge is 0.279 e. The van der Waals surface area contributed by atoms with Crippen LogP contribution in [-0.2, 0) is 25.7 Å². The molecule has 6 nitrogen and oxygen atoms in total. The molecule has 0 saturated heterocycles. The summed E-state index contributed by atoms with van der Waals surface area (Å²) in [5, 5.41) is 0. The minimum absolute atomic E-state index is 0.102. The molecule has 0 fully saturated rings. The third-order valence-corrected chi connectivity index (χ3v) is 8.28. The van der Waals surface area contributed by atoms with Gasteiger partial charge in [0.05, 0.1) is 11.4 Å². The SMILES string of the molecule is CC(C)(C)Cc1cccc(N(c2cccc(N(c3cccc(CC(C)(C)C)n3)c3cccc(CC(C)(C)C)n3)c2)c2cccc(CC(C)(C)C)n2)n1. The van der Waals surface area contributed by atoms with Gasteiger partial charge in [0.2, 0.25) is 0 Å². The molecular weight excluding hydrogens is 637 g/mol. The minimum Gasteiger partial charge on any atom is -0.279 e. The van der Waals surface area contributed by atoms with Crippen LogP contribution >= 0.6 is 0 Å². The molecule has 0 aliphatic rings. The summed E-state index contributed by atoms with van der Waals surface area (Å²) in [5.74, 6) is 3.34. The van der Waals surface area contributed by atoms with Gasteiger partial charge in [0.25, 0.3) is 0 Å². The van der Waals surface area contributed by atoms with Crippen LogP contribution in [0, 0.1) is 21.7 Å². The van der Waals surface area contributed by atoms with Crippen molar-refractivity contribution in [3.63, 3.8) is 0 Å². The van der Waals surface area contributed by atoms with Crippen LogP contribution in [0.15, 0.2) is 97.1 Å². The first-order valence-corrected chi connectivity index (χ1v) is 18.8. The molecule has 0 N–H and O–H groups in total. The number of pyridine rings is 4. The van der Waals surface area contributed by atoms with E-state index >= 15 is 0 Å². The van der Waals surface area contributed by atoms with E-state index in [4.69, 9.17) is 19.9 Å². The van der Waals surface area contributed by atoms with E-state index in [9.17, 15) is 0 Å². The van der Waals surface area contributed by atoms with Crippen molar-refractivity contribution in [2.75, 3.05) is 9.80 Å². The van der Waals surface area contributed by atoms with E-state index in [2.05, 4.69) is 190 Å². The van der Waals surface area contributed by atoms with Crippen molar-refractivity contribution >= 4 is 34.6 Å². The quantitative estimate of drug-likeness (QED) is 0.145. The second-order valence-electron chi connectivity index (χ2n) is 19.1.